The first-order valence-corrected chi connectivity index (χ1v) is 5.83. The van der Waals surface area contributed by atoms with Gasteiger partial charge in [-0.3, -0.25) is 0 Å². The average molecular weight is 267 g/mol. The quantitative estimate of drug-likeness (QED) is 0.908. The number of aromatic nitrogens is 2. The number of benzene rings is 1. The van der Waals surface area contributed by atoms with Crippen LogP contribution >= 0.6 is 0 Å². The molecule has 0 aliphatic carbocycles. The van der Waals surface area contributed by atoms with Crippen molar-refractivity contribution in [2.75, 3.05) is 0 Å². The highest BCUT2D eigenvalue weighted by Crippen LogP contribution is 2.30. The molecular formula is C13H15F2N3O. The maximum Gasteiger partial charge on any atom is 0.244 e. The largest absolute Gasteiger partial charge is 0.337 e. The Bertz CT molecular complexity index is 590. The molecule has 1 atom stereocenters. The van der Waals surface area contributed by atoms with Gasteiger partial charge in [0.25, 0.3) is 0 Å². The van der Waals surface area contributed by atoms with Crippen molar-refractivity contribution in [3.8, 4) is 11.4 Å². The Morgan fingerprint density at radius 3 is 2.47 bits per heavy atom. The monoisotopic (exact) mass is 267 g/mol. The summed E-state index contributed by atoms with van der Waals surface area (Å²) in [4.78, 5) is 4.13. The molecule has 0 amide bonds. The first kappa shape index (κ1) is 13.6. The summed E-state index contributed by atoms with van der Waals surface area (Å²) >= 11 is 0. The minimum absolute atomic E-state index is 0.189. The van der Waals surface area contributed by atoms with Crippen molar-refractivity contribution < 1.29 is 13.3 Å². The van der Waals surface area contributed by atoms with Gasteiger partial charge >= 0.3 is 0 Å². The van der Waals surface area contributed by atoms with Crippen LogP contribution in [0.1, 0.15) is 32.7 Å². The van der Waals surface area contributed by atoms with Crippen LogP contribution in [0.25, 0.3) is 11.4 Å². The fourth-order valence-corrected chi connectivity index (χ4v) is 1.48. The van der Waals surface area contributed by atoms with E-state index in [2.05, 4.69) is 10.1 Å². The van der Waals surface area contributed by atoms with Gasteiger partial charge in [0.1, 0.15) is 0 Å². The lowest BCUT2D eigenvalue weighted by molar-refractivity contribution is 0.253. The molecule has 0 spiro atoms. The van der Waals surface area contributed by atoms with E-state index in [0.29, 0.717) is 5.56 Å². The molecule has 19 heavy (non-hydrogen) atoms. The maximum absolute atomic E-state index is 13.1. The van der Waals surface area contributed by atoms with E-state index < -0.39 is 17.7 Å². The normalized spacial score (nSPS) is 13.6. The number of halogens is 2. The van der Waals surface area contributed by atoms with Gasteiger partial charge in [-0.1, -0.05) is 25.9 Å². The third-order valence-electron chi connectivity index (χ3n) is 2.82. The van der Waals surface area contributed by atoms with Crippen molar-refractivity contribution in [3.63, 3.8) is 0 Å². The molecule has 0 saturated heterocycles. The maximum atomic E-state index is 13.1. The third kappa shape index (κ3) is 2.78. The van der Waals surface area contributed by atoms with Gasteiger partial charge < -0.3 is 10.3 Å². The van der Waals surface area contributed by atoms with Gasteiger partial charge in [0.05, 0.1) is 6.04 Å². The van der Waals surface area contributed by atoms with E-state index in [1.54, 1.807) is 0 Å². The zero-order chi connectivity index (χ0) is 14.2. The van der Waals surface area contributed by atoms with Crippen LogP contribution in [0, 0.1) is 17.0 Å². The summed E-state index contributed by atoms with van der Waals surface area (Å²) in [5.41, 5.74) is 6.09. The van der Waals surface area contributed by atoms with E-state index in [9.17, 15) is 8.78 Å². The fourth-order valence-electron chi connectivity index (χ4n) is 1.48. The van der Waals surface area contributed by atoms with E-state index in [1.807, 2.05) is 20.8 Å². The lowest BCUT2D eigenvalue weighted by Gasteiger charge is -2.23. The zero-order valence-electron chi connectivity index (χ0n) is 10.9. The lowest BCUT2D eigenvalue weighted by atomic mass is 9.87. The second kappa shape index (κ2) is 4.70. The number of hydrogen-bond acceptors (Lipinski definition) is 4. The van der Waals surface area contributed by atoms with Crippen molar-refractivity contribution in [2.24, 2.45) is 11.1 Å². The molecule has 2 N–H and O–H groups in total. The molecule has 0 aliphatic heterocycles. The topological polar surface area (TPSA) is 64.9 Å². The van der Waals surface area contributed by atoms with Crippen LogP contribution in [0.4, 0.5) is 8.78 Å². The van der Waals surface area contributed by atoms with Crippen molar-refractivity contribution in [2.45, 2.75) is 26.8 Å². The third-order valence-corrected chi connectivity index (χ3v) is 2.82. The van der Waals surface area contributed by atoms with Crippen LogP contribution in [0.15, 0.2) is 22.7 Å². The average Bonchev–Trinajstić information content (AvgIpc) is 2.79. The Morgan fingerprint density at radius 1 is 1.21 bits per heavy atom. The molecule has 102 valence electrons. The minimum Gasteiger partial charge on any atom is -0.337 e. The number of nitrogens with zero attached hydrogens (tertiary/aromatic N) is 2. The Balaban J connectivity index is 2.33. The van der Waals surface area contributed by atoms with E-state index in [-0.39, 0.29) is 17.1 Å². The molecule has 0 bridgehead atoms. The molecule has 1 aromatic heterocycles. The highest BCUT2D eigenvalue weighted by molar-refractivity contribution is 5.54. The molecular weight excluding hydrogens is 252 g/mol. The molecule has 0 unspecified atom stereocenters. The summed E-state index contributed by atoms with van der Waals surface area (Å²) in [6, 6.07) is 2.99. The zero-order valence-corrected chi connectivity index (χ0v) is 10.9. The van der Waals surface area contributed by atoms with E-state index in [1.165, 1.54) is 6.07 Å². The summed E-state index contributed by atoms with van der Waals surface area (Å²) in [7, 11) is 0. The van der Waals surface area contributed by atoms with Gasteiger partial charge in [0, 0.05) is 5.56 Å². The second-order valence-corrected chi connectivity index (χ2v) is 5.43. The number of rotatable bonds is 2. The van der Waals surface area contributed by atoms with Gasteiger partial charge in [-0.2, -0.15) is 4.98 Å². The van der Waals surface area contributed by atoms with Crippen molar-refractivity contribution >= 4 is 0 Å². The number of nitrogens with two attached hydrogens (primary N) is 1. The molecule has 6 heteroatoms. The second-order valence-electron chi connectivity index (χ2n) is 5.43. The lowest BCUT2D eigenvalue weighted by Crippen LogP contribution is -2.26. The van der Waals surface area contributed by atoms with Gasteiger partial charge in [0.2, 0.25) is 11.7 Å². The first-order valence-electron chi connectivity index (χ1n) is 5.83. The summed E-state index contributed by atoms with van der Waals surface area (Å²) in [5, 5.41) is 3.74. The van der Waals surface area contributed by atoms with Gasteiger partial charge in [-0.05, 0) is 23.6 Å². The predicted octanol–water partition coefficient (Wildman–Crippen LogP) is 3.06. The molecule has 0 radical (unpaired) electrons. The molecule has 0 fully saturated rings. The Labute approximate surface area is 109 Å². The molecule has 1 aromatic carbocycles. The molecule has 1 heterocycles. The summed E-state index contributed by atoms with van der Waals surface area (Å²) < 4.78 is 31.1. The van der Waals surface area contributed by atoms with Crippen LogP contribution < -0.4 is 5.73 Å². The van der Waals surface area contributed by atoms with Crippen molar-refractivity contribution in [1.29, 1.82) is 0 Å². The van der Waals surface area contributed by atoms with Crippen LogP contribution in [0.3, 0.4) is 0 Å². The fraction of sp³-hybridized carbons (Fsp3) is 0.385. The molecule has 0 aliphatic rings. The molecule has 0 saturated carbocycles. The predicted molar refractivity (Wildman–Crippen MR) is 66.0 cm³/mol. The molecule has 2 rings (SSSR count). The Kier molecular flexibility index (Phi) is 3.36. The van der Waals surface area contributed by atoms with Gasteiger partial charge in [0.15, 0.2) is 11.6 Å². The van der Waals surface area contributed by atoms with Crippen LogP contribution in [0.2, 0.25) is 0 Å². The SMILES string of the molecule is CC(C)(C)[C@@H](N)c1nc(-c2ccc(F)c(F)c2)no1. The molecule has 4 nitrogen and oxygen atoms in total. The van der Waals surface area contributed by atoms with Gasteiger partial charge in [-0.15, -0.1) is 0 Å². The van der Waals surface area contributed by atoms with E-state index in [0.717, 1.165) is 12.1 Å². The number of hydrogen-bond donors (Lipinski definition) is 1. The van der Waals surface area contributed by atoms with Crippen LogP contribution in [0.5, 0.6) is 0 Å². The summed E-state index contributed by atoms with van der Waals surface area (Å²) in [5.74, 6) is -1.41. The van der Waals surface area contributed by atoms with E-state index in [4.69, 9.17) is 10.3 Å². The Hall–Kier alpha value is -1.82. The van der Waals surface area contributed by atoms with E-state index >= 15 is 0 Å². The highest BCUT2D eigenvalue weighted by Gasteiger charge is 2.27. The highest BCUT2D eigenvalue weighted by atomic mass is 19.2. The van der Waals surface area contributed by atoms with Crippen molar-refractivity contribution in [1.82, 2.24) is 10.1 Å². The standard InChI is InChI=1S/C13H15F2N3O/c1-13(2,3)10(16)12-17-11(18-19-12)7-4-5-8(14)9(15)6-7/h4-6,10H,16H2,1-3H3/t10-/m0/s1. The van der Waals surface area contributed by atoms with Crippen molar-refractivity contribution in [3.05, 3.63) is 35.7 Å². The first-order chi connectivity index (χ1) is 8.79. The summed E-state index contributed by atoms with van der Waals surface area (Å²) in [6.07, 6.45) is 0. The smallest absolute Gasteiger partial charge is 0.244 e. The summed E-state index contributed by atoms with van der Waals surface area (Å²) in [6.45, 7) is 5.83. The van der Waals surface area contributed by atoms with Gasteiger partial charge in [-0.25, -0.2) is 8.78 Å². The Morgan fingerprint density at radius 2 is 1.89 bits per heavy atom. The van der Waals surface area contributed by atoms with Crippen LogP contribution in [-0.4, -0.2) is 10.1 Å². The molecule has 2 aromatic rings. The minimum atomic E-state index is -0.955. The van der Waals surface area contributed by atoms with Crippen LogP contribution in [-0.2, 0) is 0 Å².